The lowest BCUT2D eigenvalue weighted by atomic mass is 10.00. The molecule has 1 aliphatic heterocycles. The van der Waals surface area contributed by atoms with E-state index in [0.29, 0.717) is 12.3 Å². The summed E-state index contributed by atoms with van der Waals surface area (Å²) in [4.78, 5) is 28.7. The molecule has 4 heteroatoms. The molecule has 2 fully saturated rings. The summed E-state index contributed by atoms with van der Waals surface area (Å²) in [5.41, 5.74) is 0.886. The molecule has 0 spiro atoms. The molecular weight excluding hydrogens is 276 g/mol. The van der Waals surface area contributed by atoms with Crippen LogP contribution in [0, 0.1) is 17.8 Å². The highest BCUT2D eigenvalue weighted by Gasteiger charge is 2.50. The van der Waals surface area contributed by atoms with E-state index in [1.165, 1.54) is 6.42 Å². The Morgan fingerprint density at radius 3 is 2.59 bits per heavy atom. The van der Waals surface area contributed by atoms with Crippen molar-refractivity contribution in [1.29, 1.82) is 0 Å². The van der Waals surface area contributed by atoms with Crippen LogP contribution >= 0.6 is 0 Å². The van der Waals surface area contributed by atoms with Crippen molar-refractivity contribution in [2.45, 2.75) is 26.2 Å². The maximum Gasteiger partial charge on any atom is 0.230 e. The van der Waals surface area contributed by atoms with Gasteiger partial charge < -0.3 is 9.80 Å². The second-order valence-corrected chi connectivity index (χ2v) is 6.71. The smallest absolute Gasteiger partial charge is 0.230 e. The molecule has 1 aliphatic carbocycles. The lowest BCUT2D eigenvalue weighted by molar-refractivity contribution is -0.135. The predicted octanol–water partition coefficient (Wildman–Crippen LogP) is 2.54. The van der Waals surface area contributed by atoms with Crippen molar-refractivity contribution in [2.75, 3.05) is 25.0 Å². The molecule has 3 rings (SSSR count). The molecular formula is C18H24N2O2. The van der Waals surface area contributed by atoms with Crippen molar-refractivity contribution in [1.82, 2.24) is 4.90 Å². The quantitative estimate of drug-likeness (QED) is 0.860. The zero-order valence-corrected chi connectivity index (χ0v) is 13.4. The van der Waals surface area contributed by atoms with Crippen LogP contribution < -0.4 is 4.90 Å². The summed E-state index contributed by atoms with van der Waals surface area (Å²) in [5.74, 6) is 0.609. The first-order valence-corrected chi connectivity index (χ1v) is 8.19. The number of hydrogen-bond donors (Lipinski definition) is 0. The molecule has 2 amide bonds. The Morgan fingerprint density at radius 2 is 1.91 bits per heavy atom. The van der Waals surface area contributed by atoms with Crippen LogP contribution in [0.2, 0.25) is 0 Å². The maximum atomic E-state index is 12.5. The molecule has 1 aromatic rings. The Bertz CT molecular complexity index is 557. The number of benzene rings is 1. The van der Waals surface area contributed by atoms with Gasteiger partial charge in [-0.3, -0.25) is 9.59 Å². The summed E-state index contributed by atoms with van der Waals surface area (Å²) in [6, 6.07) is 9.61. The Labute approximate surface area is 132 Å². The Hall–Kier alpha value is -1.84. The minimum Gasteiger partial charge on any atom is -0.342 e. The molecule has 3 atom stereocenters. The van der Waals surface area contributed by atoms with E-state index in [1.54, 1.807) is 11.9 Å². The van der Waals surface area contributed by atoms with E-state index in [-0.39, 0.29) is 23.7 Å². The van der Waals surface area contributed by atoms with E-state index in [1.807, 2.05) is 35.2 Å². The van der Waals surface area contributed by atoms with Crippen LogP contribution in [-0.2, 0) is 9.59 Å². The molecule has 0 N–H and O–H groups in total. The van der Waals surface area contributed by atoms with Gasteiger partial charge in [0.1, 0.15) is 0 Å². The summed E-state index contributed by atoms with van der Waals surface area (Å²) in [7, 11) is 1.79. The molecule has 0 radical (unpaired) electrons. The van der Waals surface area contributed by atoms with Gasteiger partial charge in [0, 0.05) is 25.8 Å². The predicted molar refractivity (Wildman–Crippen MR) is 86.4 cm³/mol. The van der Waals surface area contributed by atoms with Gasteiger partial charge in [-0.25, -0.2) is 0 Å². The molecule has 0 aromatic heterocycles. The fourth-order valence-corrected chi connectivity index (χ4v) is 3.39. The van der Waals surface area contributed by atoms with E-state index >= 15 is 0 Å². The van der Waals surface area contributed by atoms with Crippen LogP contribution in [0.25, 0.3) is 0 Å². The average molecular weight is 300 g/mol. The minimum atomic E-state index is -0.130. The first-order chi connectivity index (χ1) is 10.6. The van der Waals surface area contributed by atoms with Gasteiger partial charge in [0.25, 0.3) is 0 Å². The molecule has 0 bridgehead atoms. The standard InChI is InChI=1S/C18H24N2O2/c1-13-7-6-10-20(12-13)18(22)16-11-15(16)17(21)19(2)14-8-4-3-5-9-14/h3-5,8-9,13,15-16H,6-7,10-12H2,1-2H3. The van der Waals surface area contributed by atoms with Gasteiger partial charge in [0.05, 0.1) is 11.8 Å². The number of likely N-dealkylation sites (tertiary alicyclic amines) is 1. The Kier molecular flexibility index (Phi) is 4.19. The monoisotopic (exact) mass is 300 g/mol. The van der Waals surface area contributed by atoms with Crippen molar-refractivity contribution in [3.8, 4) is 0 Å². The van der Waals surface area contributed by atoms with E-state index in [2.05, 4.69) is 6.92 Å². The molecule has 2 aliphatic rings. The highest BCUT2D eigenvalue weighted by atomic mass is 16.2. The van der Waals surface area contributed by atoms with Crippen LogP contribution in [0.1, 0.15) is 26.2 Å². The Morgan fingerprint density at radius 1 is 1.18 bits per heavy atom. The van der Waals surface area contributed by atoms with Crippen LogP contribution in [0.15, 0.2) is 30.3 Å². The van der Waals surface area contributed by atoms with Crippen molar-refractivity contribution < 1.29 is 9.59 Å². The summed E-state index contributed by atoms with van der Waals surface area (Å²) in [6.07, 6.45) is 3.00. The number of nitrogens with zero attached hydrogens (tertiary/aromatic N) is 2. The maximum absolute atomic E-state index is 12.5. The largest absolute Gasteiger partial charge is 0.342 e. The molecule has 118 valence electrons. The van der Waals surface area contributed by atoms with Gasteiger partial charge in [-0.2, -0.15) is 0 Å². The van der Waals surface area contributed by atoms with Gasteiger partial charge in [-0.1, -0.05) is 25.1 Å². The number of hydrogen-bond acceptors (Lipinski definition) is 2. The third-order valence-corrected chi connectivity index (χ3v) is 4.87. The van der Waals surface area contributed by atoms with Crippen LogP contribution in [0.4, 0.5) is 5.69 Å². The first kappa shape index (κ1) is 15.1. The zero-order chi connectivity index (χ0) is 15.7. The SMILES string of the molecule is CC1CCCN(C(=O)C2CC2C(=O)N(C)c2ccccc2)C1. The van der Waals surface area contributed by atoms with Gasteiger partial charge in [0.15, 0.2) is 0 Å². The van der Waals surface area contributed by atoms with Crippen LogP contribution in [0.5, 0.6) is 0 Å². The fraction of sp³-hybridized carbons (Fsp3) is 0.556. The summed E-state index contributed by atoms with van der Waals surface area (Å²) in [5, 5.41) is 0. The molecule has 1 saturated heterocycles. The van der Waals surface area contributed by atoms with Crippen LogP contribution in [0.3, 0.4) is 0 Å². The summed E-state index contributed by atoms with van der Waals surface area (Å²) >= 11 is 0. The van der Waals surface area contributed by atoms with E-state index in [9.17, 15) is 9.59 Å². The molecule has 1 saturated carbocycles. The van der Waals surface area contributed by atoms with Gasteiger partial charge in [-0.05, 0) is 37.3 Å². The Balaban J connectivity index is 1.59. The molecule has 1 heterocycles. The second-order valence-electron chi connectivity index (χ2n) is 6.71. The third kappa shape index (κ3) is 3.01. The van der Waals surface area contributed by atoms with Gasteiger partial charge in [0.2, 0.25) is 11.8 Å². The molecule has 3 unspecified atom stereocenters. The lowest BCUT2D eigenvalue weighted by Gasteiger charge is -2.31. The lowest BCUT2D eigenvalue weighted by Crippen LogP contribution is -2.41. The number of carbonyl (C=O) groups is 2. The van der Waals surface area contributed by atoms with Gasteiger partial charge >= 0.3 is 0 Å². The number of anilines is 1. The fourth-order valence-electron chi connectivity index (χ4n) is 3.39. The number of amides is 2. The third-order valence-electron chi connectivity index (χ3n) is 4.87. The van der Waals surface area contributed by atoms with Crippen molar-refractivity contribution >= 4 is 17.5 Å². The van der Waals surface area contributed by atoms with Crippen molar-refractivity contribution in [3.05, 3.63) is 30.3 Å². The minimum absolute atomic E-state index is 0.0645. The van der Waals surface area contributed by atoms with Crippen molar-refractivity contribution in [2.24, 2.45) is 17.8 Å². The number of piperidine rings is 1. The van der Waals surface area contributed by atoms with Crippen LogP contribution in [-0.4, -0.2) is 36.9 Å². The molecule has 4 nitrogen and oxygen atoms in total. The topological polar surface area (TPSA) is 40.6 Å². The number of carbonyl (C=O) groups excluding carboxylic acids is 2. The van der Waals surface area contributed by atoms with E-state index in [4.69, 9.17) is 0 Å². The zero-order valence-electron chi connectivity index (χ0n) is 13.4. The number of rotatable bonds is 3. The second kappa shape index (κ2) is 6.11. The number of para-hydroxylation sites is 1. The first-order valence-electron chi connectivity index (χ1n) is 8.19. The highest BCUT2D eigenvalue weighted by molar-refractivity contribution is 6.00. The van der Waals surface area contributed by atoms with Gasteiger partial charge in [-0.15, -0.1) is 0 Å². The normalized spacial score (nSPS) is 27.4. The molecule has 22 heavy (non-hydrogen) atoms. The van der Waals surface area contributed by atoms with E-state index in [0.717, 1.165) is 25.2 Å². The van der Waals surface area contributed by atoms with Crippen molar-refractivity contribution in [3.63, 3.8) is 0 Å². The summed E-state index contributed by atoms with van der Waals surface area (Å²) in [6.45, 7) is 3.90. The van der Waals surface area contributed by atoms with E-state index < -0.39 is 0 Å². The molecule has 1 aromatic carbocycles. The summed E-state index contributed by atoms with van der Waals surface area (Å²) < 4.78 is 0. The highest BCUT2D eigenvalue weighted by Crippen LogP contribution is 2.42. The average Bonchev–Trinajstić information content (AvgIpc) is 3.34.